The first-order chi connectivity index (χ1) is 5.26. The minimum Gasteiger partial charge on any atom is -0.395 e. The van der Waals surface area contributed by atoms with Crippen molar-refractivity contribution in [1.29, 1.82) is 0 Å². The van der Waals surface area contributed by atoms with Crippen molar-refractivity contribution < 1.29 is 9.90 Å². The van der Waals surface area contributed by atoms with Crippen molar-refractivity contribution in [2.75, 3.05) is 19.4 Å². The van der Waals surface area contributed by atoms with E-state index in [1.54, 1.807) is 0 Å². The highest BCUT2D eigenvalue weighted by Gasteiger charge is 2.00. The summed E-state index contributed by atoms with van der Waals surface area (Å²) in [6, 6.07) is 0. The molecule has 64 valence electrons. The average molecular weight is 175 g/mol. The molecule has 0 atom stereocenters. The zero-order valence-electron chi connectivity index (χ0n) is 6.78. The van der Waals surface area contributed by atoms with Gasteiger partial charge in [-0.3, -0.25) is 4.79 Å². The molecule has 0 aliphatic heterocycles. The molecular weight excluding hydrogens is 162 g/mol. The van der Waals surface area contributed by atoms with Crippen LogP contribution in [0.2, 0.25) is 0 Å². The van der Waals surface area contributed by atoms with Gasteiger partial charge in [0.1, 0.15) is 0 Å². The number of aliphatic hydroxyl groups excluding tert-OH is 1. The van der Waals surface area contributed by atoms with Crippen LogP contribution in [-0.4, -0.2) is 35.8 Å². The Morgan fingerprint density at radius 2 is 2.36 bits per heavy atom. The van der Waals surface area contributed by atoms with Crippen LogP contribution in [0.4, 0.5) is 0 Å². The van der Waals surface area contributed by atoms with Crippen LogP contribution in [0.3, 0.4) is 0 Å². The number of nitrogens with zero attached hydrogens (tertiary/aromatic N) is 1. The van der Waals surface area contributed by atoms with E-state index in [2.05, 4.69) is 0 Å². The van der Waals surface area contributed by atoms with Crippen LogP contribution in [0.15, 0.2) is 11.1 Å². The minimum atomic E-state index is -0.00169. The molecule has 0 rings (SSSR count). The van der Waals surface area contributed by atoms with Gasteiger partial charge in [-0.25, -0.2) is 0 Å². The number of allylic oxidation sites excluding steroid dienone is 1. The summed E-state index contributed by atoms with van der Waals surface area (Å²) in [5, 5.41) is 10.4. The van der Waals surface area contributed by atoms with E-state index in [4.69, 9.17) is 5.11 Å². The number of aliphatic hydroxyl groups is 1. The number of carbonyl (C=O) groups is 1. The van der Waals surface area contributed by atoms with Gasteiger partial charge in [0, 0.05) is 12.2 Å². The quantitative estimate of drug-likeness (QED) is 0.624. The van der Waals surface area contributed by atoms with E-state index in [-0.39, 0.29) is 6.61 Å². The third-order valence-electron chi connectivity index (χ3n) is 1.21. The molecule has 1 amide bonds. The molecule has 0 aliphatic carbocycles. The molecule has 3 nitrogen and oxygen atoms in total. The van der Waals surface area contributed by atoms with Gasteiger partial charge in [0.2, 0.25) is 6.41 Å². The topological polar surface area (TPSA) is 40.5 Å². The second kappa shape index (κ2) is 6.24. The molecule has 0 aromatic rings. The van der Waals surface area contributed by atoms with E-state index in [1.807, 2.05) is 18.6 Å². The van der Waals surface area contributed by atoms with Gasteiger partial charge in [-0.1, -0.05) is 0 Å². The number of carbonyl (C=O) groups excluding carboxylic acids is 1. The van der Waals surface area contributed by atoms with E-state index >= 15 is 0 Å². The summed E-state index contributed by atoms with van der Waals surface area (Å²) < 4.78 is 0. The number of amides is 1. The van der Waals surface area contributed by atoms with E-state index in [1.165, 1.54) is 16.7 Å². The largest absolute Gasteiger partial charge is 0.395 e. The molecule has 0 saturated carbocycles. The van der Waals surface area contributed by atoms with Gasteiger partial charge in [-0.05, 0) is 18.6 Å². The van der Waals surface area contributed by atoms with Crippen LogP contribution in [0, 0.1) is 0 Å². The predicted molar refractivity (Wildman–Crippen MR) is 47.1 cm³/mol. The highest BCUT2D eigenvalue weighted by Crippen LogP contribution is 2.05. The van der Waals surface area contributed by atoms with Crippen LogP contribution in [0.5, 0.6) is 0 Å². The Bertz CT molecular complexity index is 147. The van der Waals surface area contributed by atoms with E-state index in [9.17, 15) is 4.79 Å². The first kappa shape index (κ1) is 10.5. The number of thioether (sulfide) groups is 1. The summed E-state index contributed by atoms with van der Waals surface area (Å²) in [4.78, 5) is 11.8. The molecule has 0 fully saturated rings. The maximum absolute atomic E-state index is 10.4. The molecule has 0 spiro atoms. The third kappa shape index (κ3) is 4.06. The van der Waals surface area contributed by atoms with Crippen LogP contribution < -0.4 is 0 Å². The fourth-order valence-corrected chi connectivity index (χ4v) is 1.13. The molecule has 0 unspecified atom stereocenters. The van der Waals surface area contributed by atoms with Crippen molar-refractivity contribution in [3.8, 4) is 0 Å². The molecule has 0 aromatic carbocycles. The Balaban J connectivity index is 4.01. The first-order valence-electron chi connectivity index (χ1n) is 3.28. The van der Waals surface area contributed by atoms with Gasteiger partial charge in [0.05, 0.1) is 6.61 Å². The van der Waals surface area contributed by atoms with Gasteiger partial charge in [-0.15, -0.1) is 11.8 Å². The number of rotatable bonds is 5. The third-order valence-corrected chi connectivity index (χ3v) is 1.79. The Morgan fingerprint density at radius 1 is 1.73 bits per heavy atom. The summed E-state index contributed by atoms with van der Waals surface area (Å²) in [6.45, 7) is 2.20. The normalized spacial score (nSPS) is 11.4. The zero-order valence-corrected chi connectivity index (χ0v) is 7.60. The average Bonchev–Trinajstić information content (AvgIpc) is 2.00. The van der Waals surface area contributed by atoms with Crippen LogP contribution in [-0.2, 0) is 4.79 Å². The van der Waals surface area contributed by atoms with Crippen LogP contribution in [0.1, 0.15) is 6.92 Å². The molecule has 0 aromatic heterocycles. The molecule has 0 saturated heterocycles. The molecule has 11 heavy (non-hydrogen) atoms. The smallest absolute Gasteiger partial charge is 0.213 e. The van der Waals surface area contributed by atoms with Crippen LogP contribution >= 0.6 is 11.8 Å². The van der Waals surface area contributed by atoms with Crippen molar-refractivity contribution in [3.63, 3.8) is 0 Å². The summed E-state index contributed by atoms with van der Waals surface area (Å²) in [5.41, 5.74) is 0.863. The molecule has 0 bridgehead atoms. The van der Waals surface area contributed by atoms with Gasteiger partial charge in [-0.2, -0.15) is 0 Å². The summed E-state index contributed by atoms with van der Waals surface area (Å²) >= 11 is 1.54. The van der Waals surface area contributed by atoms with Gasteiger partial charge in [0.25, 0.3) is 0 Å². The molecule has 0 heterocycles. The van der Waals surface area contributed by atoms with E-state index in [0.29, 0.717) is 6.54 Å². The van der Waals surface area contributed by atoms with Crippen molar-refractivity contribution in [3.05, 3.63) is 11.1 Å². The zero-order chi connectivity index (χ0) is 8.69. The van der Waals surface area contributed by atoms with Gasteiger partial charge >= 0.3 is 0 Å². The first-order valence-corrected chi connectivity index (χ1v) is 4.57. The predicted octanol–water partition coefficient (Wildman–Crippen LogP) is 0.661. The monoisotopic (exact) mass is 175 g/mol. The van der Waals surface area contributed by atoms with Crippen molar-refractivity contribution in [2.24, 2.45) is 0 Å². The van der Waals surface area contributed by atoms with Gasteiger partial charge < -0.3 is 10.0 Å². The second-order valence-corrected chi connectivity index (χ2v) is 2.72. The maximum Gasteiger partial charge on any atom is 0.213 e. The molecule has 0 aliphatic rings. The molecule has 4 heteroatoms. The Morgan fingerprint density at radius 3 is 2.73 bits per heavy atom. The van der Waals surface area contributed by atoms with Crippen molar-refractivity contribution in [2.45, 2.75) is 6.92 Å². The highest BCUT2D eigenvalue weighted by atomic mass is 32.2. The Hall–Kier alpha value is -0.480. The molecule has 1 N–H and O–H groups in total. The van der Waals surface area contributed by atoms with Crippen molar-refractivity contribution >= 4 is 18.2 Å². The Labute approximate surface area is 71.1 Å². The lowest BCUT2D eigenvalue weighted by Gasteiger charge is -2.15. The molecule has 0 radical (unpaired) electrons. The van der Waals surface area contributed by atoms with Crippen LogP contribution in [0.25, 0.3) is 0 Å². The molecular formula is C7H13NO2S. The van der Waals surface area contributed by atoms with E-state index < -0.39 is 0 Å². The lowest BCUT2D eigenvalue weighted by Crippen LogP contribution is -2.23. The van der Waals surface area contributed by atoms with Crippen molar-refractivity contribution in [1.82, 2.24) is 4.90 Å². The lowest BCUT2D eigenvalue weighted by atomic mass is 10.4. The fourth-order valence-electron chi connectivity index (χ4n) is 0.658. The Kier molecular flexibility index (Phi) is 5.97. The SMILES string of the molecule is CSC=C(C)N(C=O)CCO. The maximum atomic E-state index is 10.4. The summed E-state index contributed by atoms with van der Waals surface area (Å²) in [5.74, 6) is 0. The highest BCUT2D eigenvalue weighted by molar-refractivity contribution is 8.01. The van der Waals surface area contributed by atoms with E-state index in [0.717, 1.165) is 12.1 Å². The lowest BCUT2D eigenvalue weighted by molar-refractivity contribution is -0.116. The van der Waals surface area contributed by atoms with Gasteiger partial charge in [0.15, 0.2) is 0 Å². The minimum absolute atomic E-state index is 0.00169. The summed E-state index contributed by atoms with van der Waals surface area (Å²) in [7, 11) is 0. The fraction of sp³-hybridized carbons (Fsp3) is 0.571. The summed E-state index contributed by atoms with van der Waals surface area (Å²) in [6.07, 6.45) is 2.64. The second-order valence-electron chi connectivity index (χ2n) is 2.02. The standard InChI is InChI=1S/C7H13NO2S/c1-7(5-11-2)8(6-10)3-4-9/h5-6,9H,3-4H2,1-2H3. The number of hydrogen-bond donors (Lipinski definition) is 1. The number of hydrogen-bond acceptors (Lipinski definition) is 3.